The van der Waals surface area contributed by atoms with Crippen molar-refractivity contribution in [1.82, 2.24) is 15.5 Å². The Kier molecular flexibility index (Phi) is 6.90. The summed E-state index contributed by atoms with van der Waals surface area (Å²) in [6, 6.07) is 8.40. The van der Waals surface area contributed by atoms with Gasteiger partial charge in [0.1, 0.15) is 5.75 Å². The lowest BCUT2D eigenvalue weighted by Gasteiger charge is -2.23. The Labute approximate surface area is 144 Å². The van der Waals surface area contributed by atoms with Gasteiger partial charge < -0.3 is 20.3 Å². The maximum Gasteiger partial charge on any atom is 0.220 e. The van der Waals surface area contributed by atoms with E-state index in [1.165, 1.54) is 0 Å². The van der Waals surface area contributed by atoms with Gasteiger partial charge in [-0.2, -0.15) is 0 Å². The van der Waals surface area contributed by atoms with Gasteiger partial charge in [-0.15, -0.1) is 0 Å². The van der Waals surface area contributed by atoms with E-state index in [9.17, 15) is 4.79 Å². The summed E-state index contributed by atoms with van der Waals surface area (Å²) in [4.78, 5) is 18.0. The predicted octanol–water partition coefficient (Wildman–Crippen LogP) is 1.76. The van der Waals surface area contributed by atoms with Crippen molar-refractivity contribution in [1.29, 1.82) is 0 Å². The third kappa shape index (κ3) is 5.76. The van der Waals surface area contributed by atoms with Crippen LogP contribution in [0.15, 0.2) is 29.3 Å². The zero-order valence-corrected chi connectivity index (χ0v) is 14.8. The van der Waals surface area contributed by atoms with Crippen LogP contribution in [-0.2, 0) is 11.3 Å². The molecular formula is C18H28N4O2. The molecule has 1 fully saturated rings. The lowest BCUT2D eigenvalue weighted by Crippen LogP contribution is -2.39. The maximum absolute atomic E-state index is 11.7. The fourth-order valence-electron chi connectivity index (χ4n) is 2.53. The summed E-state index contributed by atoms with van der Waals surface area (Å²) < 4.78 is 5.39. The number of guanidine groups is 1. The van der Waals surface area contributed by atoms with Gasteiger partial charge in [0.15, 0.2) is 5.96 Å². The minimum Gasteiger partial charge on any atom is -0.496 e. The average Bonchev–Trinajstić information content (AvgIpc) is 3.39. The number of hydrogen-bond donors (Lipinski definition) is 2. The molecule has 0 radical (unpaired) electrons. The Morgan fingerprint density at radius 1 is 1.38 bits per heavy atom. The molecule has 1 aromatic rings. The van der Waals surface area contributed by atoms with Crippen molar-refractivity contribution in [3.05, 3.63) is 29.8 Å². The van der Waals surface area contributed by atoms with E-state index in [2.05, 4.69) is 15.6 Å². The molecule has 132 valence electrons. The number of ether oxygens (including phenoxy) is 1. The van der Waals surface area contributed by atoms with Crippen molar-refractivity contribution in [2.75, 3.05) is 27.7 Å². The molecule has 0 aliphatic heterocycles. The van der Waals surface area contributed by atoms with E-state index in [1.807, 2.05) is 36.2 Å². The van der Waals surface area contributed by atoms with Crippen LogP contribution in [0.5, 0.6) is 5.75 Å². The Balaban J connectivity index is 1.74. The fourth-order valence-corrected chi connectivity index (χ4v) is 2.53. The molecule has 1 amide bonds. The van der Waals surface area contributed by atoms with Crippen LogP contribution in [0.4, 0.5) is 0 Å². The number of rotatable bonds is 8. The van der Waals surface area contributed by atoms with Crippen molar-refractivity contribution in [3.63, 3.8) is 0 Å². The maximum atomic E-state index is 11.7. The van der Waals surface area contributed by atoms with Crippen LogP contribution in [0.2, 0.25) is 0 Å². The number of amides is 1. The predicted molar refractivity (Wildman–Crippen MR) is 96.2 cm³/mol. The zero-order chi connectivity index (χ0) is 17.4. The second-order valence-corrected chi connectivity index (χ2v) is 6.09. The number of para-hydroxylation sites is 1. The molecule has 1 saturated carbocycles. The number of carbonyl (C=O) groups excluding carboxylic acids is 1. The first kappa shape index (κ1) is 18.1. The SMILES string of the molecule is CN=C(NCCCC(=O)NC1CC1)N(C)Cc1ccccc1OC. The molecule has 0 bridgehead atoms. The van der Waals surface area contributed by atoms with Gasteiger partial charge in [0.05, 0.1) is 7.11 Å². The quantitative estimate of drug-likeness (QED) is 0.432. The van der Waals surface area contributed by atoms with Crippen LogP contribution >= 0.6 is 0 Å². The minimum atomic E-state index is 0.150. The number of carbonyl (C=O) groups is 1. The standard InChI is InChI=1S/C18H28N4O2/c1-19-18(20-12-6-9-17(23)21-15-10-11-15)22(2)13-14-7-4-5-8-16(14)24-3/h4-5,7-8,15H,6,9-13H2,1-3H3,(H,19,20)(H,21,23). The van der Waals surface area contributed by atoms with Crippen molar-refractivity contribution in [3.8, 4) is 5.75 Å². The monoisotopic (exact) mass is 332 g/mol. The summed E-state index contributed by atoms with van der Waals surface area (Å²) in [6.07, 6.45) is 3.60. The Morgan fingerprint density at radius 2 is 2.12 bits per heavy atom. The molecule has 0 aromatic heterocycles. The molecule has 1 aliphatic rings. The Bertz CT molecular complexity index is 570. The van der Waals surface area contributed by atoms with Gasteiger partial charge in [-0.05, 0) is 25.3 Å². The highest BCUT2D eigenvalue weighted by Crippen LogP contribution is 2.19. The molecule has 0 saturated heterocycles. The molecular weight excluding hydrogens is 304 g/mol. The molecule has 1 aliphatic carbocycles. The van der Waals surface area contributed by atoms with Gasteiger partial charge >= 0.3 is 0 Å². The van der Waals surface area contributed by atoms with Crippen molar-refractivity contribution >= 4 is 11.9 Å². The first-order valence-electron chi connectivity index (χ1n) is 8.47. The van der Waals surface area contributed by atoms with Crippen molar-refractivity contribution < 1.29 is 9.53 Å². The second kappa shape index (κ2) is 9.15. The van der Waals surface area contributed by atoms with E-state index in [0.29, 0.717) is 19.0 Å². The number of nitrogens with zero attached hydrogens (tertiary/aromatic N) is 2. The molecule has 6 nitrogen and oxygen atoms in total. The topological polar surface area (TPSA) is 66.0 Å². The van der Waals surface area contributed by atoms with Crippen LogP contribution in [0, 0.1) is 0 Å². The van der Waals surface area contributed by atoms with E-state index in [4.69, 9.17) is 4.74 Å². The zero-order valence-electron chi connectivity index (χ0n) is 14.8. The third-order valence-electron chi connectivity index (χ3n) is 3.98. The van der Waals surface area contributed by atoms with Gasteiger partial charge in [-0.3, -0.25) is 9.79 Å². The van der Waals surface area contributed by atoms with E-state index in [-0.39, 0.29) is 5.91 Å². The number of methoxy groups -OCH3 is 1. The molecule has 2 N–H and O–H groups in total. The minimum absolute atomic E-state index is 0.150. The lowest BCUT2D eigenvalue weighted by atomic mass is 10.2. The largest absolute Gasteiger partial charge is 0.496 e. The van der Waals surface area contributed by atoms with Crippen LogP contribution < -0.4 is 15.4 Å². The van der Waals surface area contributed by atoms with Gasteiger partial charge in [-0.25, -0.2) is 0 Å². The van der Waals surface area contributed by atoms with Crippen molar-refractivity contribution in [2.45, 2.75) is 38.3 Å². The van der Waals surface area contributed by atoms with Gasteiger partial charge in [0.25, 0.3) is 0 Å². The highest BCUT2D eigenvalue weighted by Gasteiger charge is 2.22. The van der Waals surface area contributed by atoms with Gasteiger partial charge in [0.2, 0.25) is 5.91 Å². The van der Waals surface area contributed by atoms with Crippen molar-refractivity contribution in [2.24, 2.45) is 4.99 Å². The van der Waals surface area contributed by atoms with Gasteiger partial charge in [0, 0.05) is 45.2 Å². The lowest BCUT2D eigenvalue weighted by molar-refractivity contribution is -0.121. The Hall–Kier alpha value is -2.24. The van der Waals surface area contributed by atoms with Crippen LogP contribution in [-0.4, -0.2) is 50.6 Å². The van der Waals surface area contributed by atoms with Crippen LogP contribution in [0.1, 0.15) is 31.2 Å². The fraction of sp³-hybridized carbons (Fsp3) is 0.556. The molecule has 0 atom stereocenters. The normalized spacial score (nSPS) is 14.2. The number of aliphatic imine (C=N–C) groups is 1. The summed E-state index contributed by atoms with van der Waals surface area (Å²) in [7, 11) is 5.43. The first-order valence-corrected chi connectivity index (χ1v) is 8.47. The highest BCUT2D eigenvalue weighted by atomic mass is 16.5. The van der Waals surface area contributed by atoms with E-state index < -0.39 is 0 Å². The van der Waals surface area contributed by atoms with E-state index >= 15 is 0 Å². The molecule has 0 heterocycles. The van der Waals surface area contributed by atoms with Crippen LogP contribution in [0.25, 0.3) is 0 Å². The summed E-state index contributed by atoms with van der Waals surface area (Å²) in [6.45, 7) is 1.42. The first-order chi connectivity index (χ1) is 11.6. The Morgan fingerprint density at radius 3 is 2.79 bits per heavy atom. The number of benzene rings is 1. The number of hydrogen-bond acceptors (Lipinski definition) is 3. The van der Waals surface area contributed by atoms with E-state index in [1.54, 1.807) is 14.2 Å². The molecule has 24 heavy (non-hydrogen) atoms. The molecule has 1 aromatic carbocycles. The summed E-state index contributed by atoms with van der Waals surface area (Å²) >= 11 is 0. The average molecular weight is 332 g/mol. The molecule has 0 spiro atoms. The third-order valence-corrected chi connectivity index (χ3v) is 3.98. The van der Waals surface area contributed by atoms with E-state index in [0.717, 1.165) is 43.1 Å². The molecule has 0 unspecified atom stereocenters. The van der Waals surface area contributed by atoms with Crippen LogP contribution in [0.3, 0.4) is 0 Å². The highest BCUT2D eigenvalue weighted by molar-refractivity contribution is 5.80. The smallest absolute Gasteiger partial charge is 0.220 e. The second-order valence-electron chi connectivity index (χ2n) is 6.09. The summed E-state index contributed by atoms with van der Waals surface area (Å²) in [5.74, 6) is 1.83. The summed E-state index contributed by atoms with van der Waals surface area (Å²) in [5, 5.41) is 6.31. The number of nitrogens with one attached hydrogen (secondary N) is 2. The van der Waals surface area contributed by atoms with Gasteiger partial charge in [-0.1, -0.05) is 18.2 Å². The molecule has 2 rings (SSSR count). The summed E-state index contributed by atoms with van der Waals surface area (Å²) in [5.41, 5.74) is 1.11. The molecule has 6 heteroatoms.